The predicted molar refractivity (Wildman–Crippen MR) is 97.7 cm³/mol. The number of nitrogens with zero attached hydrogens (tertiary/aromatic N) is 2. The Morgan fingerprint density at radius 1 is 1.27 bits per heavy atom. The van der Waals surface area contributed by atoms with Crippen LogP contribution in [0.2, 0.25) is 0 Å². The maximum atomic E-state index is 12.9. The summed E-state index contributed by atoms with van der Waals surface area (Å²) in [4.78, 5) is 32.0. The summed E-state index contributed by atoms with van der Waals surface area (Å²) < 4.78 is 5.05. The topological polar surface area (TPSA) is 68.2 Å². The third kappa shape index (κ3) is 4.62. The number of rotatable bonds is 6. The van der Waals surface area contributed by atoms with Crippen LogP contribution in [0.5, 0.6) is 0 Å². The van der Waals surface area contributed by atoms with Crippen molar-refractivity contribution in [3.63, 3.8) is 0 Å². The summed E-state index contributed by atoms with van der Waals surface area (Å²) in [6.07, 6.45) is 3.69. The van der Waals surface area contributed by atoms with E-state index in [-0.39, 0.29) is 24.3 Å². The first-order chi connectivity index (χ1) is 12.7. The molecule has 3 rings (SSSR count). The zero-order valence-electron chi connectivity index (χ0n) is 15.2. The van der Waals surface area contributed by atoms with Crippen LogP contribution in [0.3, 0.4) is 0 Å². The minimum absolute atomic E-state index is 0.0641. The Hall–Kier alpha value is -2.37. The van der Waals surface area contributed by atoms with Crippen LogP contribution in [0.4, 0.5) is 0 Å². The summed E-state index contributed by atoms with van der Waals surface area (Å²) in [5, 5.41) is 4.12. The number of ether oxygens (including phenoxy) is 1. The predicted octanol–water partition coefficient (Wildman–Crippen LogP) is 2.71. The van der Waals surface area contributed by atoms with Crippen LogP contribution < -0.4 is 0 Å². The van der Waals surface area contributed by atoms with E-state index >= 15 is 0 Å². The first-order valence-corrected chi connectivity index (χ1v) is 9.39. The van der Waals surface area contributed by atoms with Crippen LogP contribution in [0.15, 0.2) is 35.5 Å². The highest BCUT2D eigenvalue weighted by Crippen LogP contribution is 2.24. The molecule has 0 bridgehead atoms. The molecule has 2 unspecified atom stereocenters. The average Bonchev–Trinajstić information content (AvgIpc) is 3.11. The maximum Gasteiger partial charge on any atom is 0.307 e. The van der Waals surface area contributed by atoms with E-state index in [1.54, 1.807) is 11.8 Å². The lowest BCUT2D eigenvalue weighted by molar-refractivity contribution is -0.150. The van der Waals surface area contributed by atoms with Gasteiger partial charge in [-0.1, -0.05) is 35.5 Å². The molecule has 1 saturated heterocycles. The number of benzene rings is 1. The molecule has 1 aromatic rings. The number of amides is 1. The number of hydrogen-bond acceptors (Lipinski definition) is 5. The monoisotopic (exact) mass is 358 g/mol. The summed E-state index contributed by atoms with van der Waals surface area (Å²) in [7, 11) is 0. The molecule has 6 heteroatoms. The smallest absolute Gasteiger partial charge is 0.307 e. The van der Waals surface area contributed by atoms with Gasteiger partial charge in [0, 0.05) is 25.4 Å². The Morgan fingerprint density at radius 2 is 2.08 bits per heavy atom. The van der Waals surface area contributed by atoms with E-state index in [2.05, 4.69) is 5.16 Å². The molecule has 2 heterocycles. The van der Waals surface area contributed by atoms with Gasteiger partial charge >= 0.3 is 5.97 Å². The first kappa shape index (κ1) is 18.4. The molecular weight excluding hydrogens is 332 g/mol. The highest BCUT2D eigenvalue weighted by molar-refractivity contribution is 5.94. The minimum Gasteiger partial charge on any atom is -0.466 e. The third-order valence-corrected chi connectivity index (χ3v) is 4.87. The van der Waals surface area contributed by atoms with E-state index in [1.807, 2.05) is 30.3 Å². The van der Waals surface area contributed by atoms with Crippen molar-refractivity contribution in [3.8, 4) is 0 Å². The van der Waals surface area contributed by atoms with E-state index in [4.69, 9.17) is 9.57 Å². The van der Waals surface area contributed by atoms with Crippen LogP contribution in [0.25, 0.3) is 0 Å². The van der Waals surface area contributed by atoms with Crippen molar-refractivity contribution in [1.29, 1.82) is 0 Å². The number of carbonyl (C=O) groups excluding carboxylic acids is 2. The van der Waals surface area contributed by atoms with E-state index in [1.165, 1.54) is 0 Å². The summed E-state index contributed by atoms with van der Waals surface area (Å²) in [5.41, 5.74) is 2.04. The van der Waals surface area contributed by atoms with Crippen LogP contribution in [0.1, 0.15) is 44.6 Å². The maximum absolute atomic E-state index is 12.9. The van der Waals surface area contributed by atoms with Gasteiger partial charge in [0.05, 0.1) is 18.7 Å². The van der Waals surface area contributed by atoms with Gasteiger partial charge in [-0.3, -0.25) is 9.59 Å². The molecule has 1 fully saturated rings. The fraction of sp³-hybridized carbons (Fsp3) is 0.550. The quantitative estimate of drug-likeness (QED) is 0.733. The molecule has 0 N–H and O–H groups in total. The number of carbonyl (C=O) groups is 2. The largest absolute Gasteiger partial charge is 0.466 e. The van der Waals surface area contributed by atoms with Crippen LogP contribution in [0, 0.1) is 0 Å². The third-order valence-electron chi connectivity index (χ3n) is 4.87. The highest BCUT2D eigenvalue weighted by atomic mass is 16.6. The molecule has 0 saturated carbocycles. The Bertz CT molecular complexity index is 659. The van der Waals surface area contributed by atoms with Crippen molar-refractivity contribution in [2.75, 3.05) is 13.2 Å². The fourth-order valence-corrected chi connectivity index (χ4v) is 3.60. The molecular formula is C20H26N2O4. The number of piperidine rings is 1. The van der Waals surface area contributed by atoms with Crippen molar-refractivity contribution in [2.24, 2.45) is 5.16 Å². The minimum atomic E-state index is -0.573. The van der Waals surface area contributed by atoms with Crippen LogP contribution in [-0.4, -0.2) is 47.8 Å². The van der Waals surface area contributed by atoms with E-state index in [0.29, 0.717) is 26.0 Å². The molecule has 0 radical (unpaired) electrons. The van der Waals surface area contributed by atoms with Gasteiger partial charge in [-0.05, 0) is 31.7 Å². The second kappa shape index (κ2) is 8.83. The summed E-state index contributed by atoms with van der Waals surface area (Å²) >= 11 is 0. The van der Waals surface area contributed by atoms with Crippen molar-refractivity contribution in [1.82, 2.24) is 4.90 Å². The second-order valence-electron chi connectivity index (χ2n) is 6.81. The van der Waals surface area contributed by atoms with Crippen LogP contribution >= 0.6 is 0 Å². The van der Waals surface area contributed by atoms with Gasteiger partial charge in [0.1, 0.15) is 0 Å². The van der Waals surface area contributed by atoms with Gasteiger partial charge in [0.2, 0.25) is 6.10 Å². The SMILES string of the molecule is CCOC(=O)CC1CCCCN1C(=O)C1CC(Cc2ccccc2)=NO1. The molecule has 2 atom stereocenters. The number of esters is 1. The molecule has 140 valence electrons. The number of oxime groups is 1. The molecule has 0 spiro atoms. The van der Waals surface area contributed by atoms with Gasteiger partial charge in [-0.15, -0.1) is 0 Å². The number of hydrogen-bond donors (Lipinski definition) is 0. The highest BCUT2D eigenvalue weighted by Gasteiger charge is 2.36. The van der Waals surface area contributed by atoms with Gasteiger partial charge in [-0.25, -0.2) is 0 Å². The standard InChI is InChI=1S/C20H26N2O4/c1-2-25-19(23)14-17-10-6-7-11-22(17)20(24)18-13-16(21-26-18)12-15-8-4-3-5-9-15/h3-5,8-9,17-18H,2,6-7,10-14H2,1H3. The molecule has 1 amide bonds. The van der Waals surface area contributed by atoms with E-state index < -0.39 is 6.10 Å². The summed E-state index contributed by atoms with van der Waals surface area (Å²) in [6, 6.07) is 9.93. The Balaban J connectivity index is 1.57. The summed E-state index contributed by atoms with van der Waals surface area (Å²) in [5.74, 6) is -0.309. The zero-order chi connectivity index (χ0) is 18.4. The van der Waals surface area contributed by atoms with Gasteiger partial charge in [-0.2, -0.15) is 0 Å². The van der Waals surface area contributed by atoms with Gasteiger partial charge < -0.3 is 14.5 Å². The lowest BCUT2D eigenvalue weighted by atomic mass is 9.97. The molecule has 6 nitrogen and oxygen atoms in total. The van der Waals surface area contributed by atoms with E-state index in [0.717, 1.165) is 30.5 Å². The van der Waals surface area contributed by atoms with Crippen LogP contribution in [-0.2, 0) is 25.6 Å². The fourth-order valence-electron chi connectivity index (χ4n) is 3.60. The molecule has 1 aromatic carbocycles. The Labute approximate surface area is 154 Å². The lowest BCUT2D eigenvalue weighted by Gasteiger charge is -2.36. The van der Waals surface area contributed by atoms with Gasteiger partial charge in [0.25, 0.3) is 5.91 Å². The van der Waals surface area contributed by atoms with Crippen molar-refractivity contribution < 1.29 is 19.2 Å². The molecule has 26 heavy (non-hydrogen) atoms. The van der Waals surface area contributed by atoms with Gasteiger partial charge in [0.15, 0.2) is 0 Å². The Kier molecular flexibility index (Phi) is 6.26. The number of likely N-dealkylation sites (tertiary alicyclic amines) is 1. The molecule has 2 aliphatic rings. The summed E-state index contributed by atoms with van der Waals surface area (Å²) in [6.45, 7) is 2.82. The lowest BCUT2D eigenvalue weighted by Crippen LogP contribution is -2.49. The van der Waals surface area contributed by atoms with E-state index in [9.17, 15) is 9.59 Å². The zero-order valence-corrected chi connectivity index (χ0v) is 15.2. The molecule has 2 aliphatic heterocycles. The first-order valence-electron chi connectivity index (χ1n) is 9.39. The van der Waals surface area contributed by atoms with Crippen molar-refractivity contribution >= 4 is 17.6 Å². The molecule has 0 aromatic heterocycles. The van der Waals surface area contributed by atoms with Crippen molar-refractivity contribution in [3.05, 3.63) is 35.9 Å². The Morgan fingerprint density at radius 3 is 2.85 bits per heavy atom. The normalized spacial score (nSPS) is 22.5. The molecule has 0 aliphatic carbocycles. The second-order valence-corrected chi connectivity index (χ2v) is 6.81. The average molecular weight is 358 g/mol. The van der Waals surface area contributed by atoms with Crippen molar-refractivity contribution in [2.45, 2.75) is 57.6 Å².